The van der Waals surface area contributed by atoms with Gasteiger partial charge in [0, 0.05) is 6.54 Å². The van der Waals surface area contributed by atoms with E-state index < -0.39 is 10.0 Å². The average molecular weight is 368 g/mol. The van der Waals surface area contributed by atoms with Crippen LogP contribution >= 0.6 is 11.3 Å². The minimum absolute atomic E-state index is 0.0126. The van der Waals surface area contributed by atoms with E-state index in [0.29, 0.717) is 11.5 Å². The molecule has 0 radical (unpaired) electrons. The summed E-state index contributed by atoms with van der Waals surface area (Å²) in [6, 6.07) is 3.76. The van der Waals surface area contributed by atoms with Crippen LogP contribution in [0.25, 0.3) is 10.7 Å². The SMILES string of the molecule is CCN(Cc1nc(-c2cccs2)no1)S(=O)(=O)c1c(C)noc1C. The number of hydrogen-bond donors (Lipinski definition) is 0. The Morgan fingerprint density at radius 3 is 2.62 bits per heavy atom. The van der Waals surface area contributed by atoms with Gasteiger partial charge in [-0.15, -0.1) is 11.3 Å². The molecule has 10 heteroatoms. The Bertz CT molecular complexity index is 909. The molecule has 0 atom stereocenters. The van der Waals surface area contributed by atoms with E-state index in [9.17, 15) is 8.42 Å². The Hall–Kier alpha value is -2.04. The van der Waals surface area contributed by atoms with Crippen molar-refractivity contribution in [2.24, 2.45) is 0 Å². The van der Waals surface area contributed by atoms with E-state index in [1.165, 1.54) is 15.6 Å². The number of rotatable bonds is 6. The Kier molecular flexibility index (Phi) is 4.52. The van der Waals surface area contributed by atoms with Crippen molar-refractivity contribution in [2.75, 3.05) is 6.54 Å². The Morgan fingerprint density at radius 2 is 2.04 bits per heavy atom. The van der Waals surface area contributed by atoms with Gasteiger partial charge in [0.15, 0.2) is 5.76 Å². The molecule has 128 valence electrons. The molecular formula is C14H16N4O4S2. The molecule has 8 nitrogen and oxygen atoms in total. The van der Waals surface area contributed by atoms with Gasteiger partial charge in [0.05, 0.1) is 11.4 Å². The monoisotopic (exact) mass is 368 g/mol. The van der Waals surface area contributed by atoms with E-state index in [0.717, 1.165) is 4.88 Å². The van der Waals surface area contributed by atoms with Crippen LogP contribution in [0, 0.1) is 13.8 Å². The van der Waals surface area contributed by atoms with Crippen molar-refractivity contribution < 1.29 is 17.5 Å². The molecule has 3 rings (SSSR count). The van der Waals surface area contributed by atoms with Crippen LogP contribution in [0.3, 0.4) is 0 Å². The van der Waals surface area contributed by atoms with Crippen molar-refractivity contribution >= 4 is 21.4 Å². The van der Waals surface area contributed by atoms with Gasteiger partial charge >= 0.3 is 0 Å². The molecule has 0 saturated heterocycles. The first-order valence-electron chi connectivity index (χ1n) is 7.23. The summed E-state index contributed by atoms with van der Waals surface area (Å²) in [7, 11) is -3.76. The van der Waals surface area contributed by atoms with Crippen molar-refractivity contribution in [3.05, 3.63) is 34.9 Å². The average Bonchev–Trinajstić information content (AvgIpc) is 3.25. The summed E-state index contributed by atoms with van der Waals surface area (Å²) in [6.45, 7) is 5.15. The lowest BCUT2D eigenvalue weighted by molar-refractivity contribution is 0.321. The van der Waals surface area contributed by atoms with Crippen LogP contribution in [0.2, 0.25) is 0 Å². The topological polar surface area (TPSA) is 102 Å². The van der Waals surface area contributed by atoms with Gasteiger partial charge in [-0.1, -0.05) is 23.3 Å². The molecule has 0 aromatic carbocycles. The van der Waals surface area contributed by atoms with Crippen LogP contribution in [-0.4, -0.2) is 34.6 Å². The molecule has 3 aromatic rings. The van der Waals surface area contributed by atoms with Gasteiger partial charge in [-0.2, -0.15) is 9.29 Å². The molecule has 3 heterocycles. The van der Waals surface area contributed by atoms with E-state index in [2.05, 4.69) is 15.3 Å². The number of hydrogen-bond acceptors (Lipinski definition) is 8. The van der Waals surface area contributed by atoms with E-state index >= 15 is 0 Å². The standard InChI is InChI=1S/C14H16N4O4S2/c1-4-18(24(19,20)13-9(2)16-21-10(13)3)8-12-15-14(17-22-12)11-6-5-7-23-11/h5-7H,4,8H2,1-3H3. The number of thiophene rings is 1. The summed E-state index contributed by atoms with van der Waals surface area (Å²) in [4.78, 5) is 5.22. The molecule has 24 heavy (non-hydrogen) atoms. The summed E-state index contributed by atoms with van der Waals surface area (Å²) < 4.78 is 37.1. The lowest BCUT2D eigenvalue weighted by Gasteiger charge is -2.18. The predicted molar refractivity (Wildman–Crippen MR) is 86.9 cm³/mol. The highest BCUT2D eigenvalue weighted by Gasteiger charge is 2.31. The van der Waals surface area contributed by atoms with Gasteiger partial charge in [0.1, 0.15) is 10.6 Å². The highest BCUT2D eigenvalue weighted by molar-refractivity contribution is 7.89. The summed E-state index contributed by atoms with van der Waals surface area (Å²) in [6.07, 6.45) is 0. The van der Waals surface area contributed by atoms with E-state index in [-0.39, 0.29) is 29.6 Å². The van der Waals surface area contributed by atoms with E-state index in [4.69, 9.17) is 9.05 Å². The Morgan fingerprint density at radius 1 is 1.25 bits per heavy atom. The third kappa shape index (κ3) is 2.99. The van der Waals surface area contributed by atoms with Gasteiger partial charge in [-0.25, -0.2) is 8.42 Å². The quantitative estimate of drug-likeness (QED) is 0.659. The second-order valence-electron chi connectivity index (χ2n) is 5.07. The fourth-order valence-electron chi connectivity index (χ4n) is 2.31. The molecule has 0 amide bonds. The lowest BCUT2D eigenvalue weighted by Crippen LogP contribution is -2.31. The van der Waals surface area contributed by atoms with Crippen molar-refractivity contribution in [3.63, 3.8) is 0 Å². The molecule has 0 aliphatic heterocycles. The van der Waals surface area contributed by atoms with Crippen molar-refractivity contribution in [2.45, 2.75) is 32.2 Å². The zero-order chi connectivity index (χ0) is 17.3. The first-order chi connectivity index (χ1) is 11.4. The van der Waals surface area contributed by atoms with Gasteiger partial charge in [-0.05, 0) is 25.3 Å². The molecule has 0 saturated carbocycles. The Labute approximate surface area is 143 Å². The summed E-state index contributed by atoms with van der Waals surface area (Å²) in [5.74, 6) is 0.942. The van der Waals surface area contributed by atoms with Crippen LogP contribution < -0.4 is 0 Å². The lowest BCUT2D eigenvalue weighted by atomic mass is 10.4. The van der Waals surface area contributed by atoms with Gasteiger partial charge in [0.2, 0.25) is 21.7 Å². The molecule has 0 aliphatic carbocycles. The van der Waals surface area contributed by atoms with E-state index in [1.807, 2.05) is 17.5 Å². The zero-order valence-electron chi connectivity index (χ0n) is 13.4. The van der Waals surface area contributed by atoms with Gasteiger partial charge in [-0.3, -0.25) is 0 Å². The maximum absolute atomic E-state index is 12.8. The molecule has 0 N–H and O–H groups in total. The predicted octanol–water partition coefficient (Wildman–Crippen LogP) is 2.61. The molecule has 0 aliphatic rings. The van der Waals surface area contributed by atoms with Crippen molar-refractivity contribution in [3.8, 4) is 10.7 Å². The largest absolute Gasteiger partial charge is 0.360 e. The molecular weight excluding hydrogens is 352 g/mol. The minimum atomic E-state index is -3.76. The summed E-state index contributed by atoms with van der Waals surface area (Å²) in [5.41, 5.74) is 0.329. The van der Waals surface area contributed by atoms with Gasteiger partial charge < -0.3 is 9.05 Å². The second-order valence-corrected chi connectivity index (χ2v) is 7.90. The first kappa shape index (κ1) is 16.8. The maximum atomic E-state index is 12.8. The Balaban J connectivity index is 1.87. The van der Waals surface area contributed by atoms with Crippen LogP contribution in [0.5, 0.6) is 0 Å². The van der Waals surface area contributed by atoms with Gasteiger partial charge in [0.25, 0.3) is 0 Å². The van der Waals surface area contributed by atoms with Crippen LogP contribution in [-0.2, 0) is 16.6 Å². The number of sulfonamides is 1. The van der Waals surface area contributed by atoms with Crippen molar-refractivity contribution in [1.29, 1.82) is 0 Å². The van der Waals surface area contributed by atoms with Crippen LogP contribution in [0.1, 0.15) is 24.3 Å². The molecule has 0 bridgehead atoms. The normalized spacial score (nSPS) is 12.2. The van der Waals surface area contributed by atoms with E-state index in [1.54, 1.807) is 20.8 Å². The third-order valence-corrected chi connectivity index (χ3v) is 6.47. The fourth-order valence-corrected chi connectivity index (χ4v) is 4.65. The third-order valence-electron chi connectivity index (χ3n) is 3.44. The summed E-state index contributed by atoms with van der Waals surface area (Å²) in [5, 5.41) is 9.52. The minimum Gasteiger partial charge on any atom is -0.360 e. The highest BCUT2D eigenvalue weighted by atomic mass is 32.2. The van der Waals surface area contributed by atoms with Crippen LogP contribution in [0.15, 0.2) is 31.5 Å². The smallest absolute Gasteiger partial charge is 0.248 e. The first-order valence-corrected chi connectivity index (χ1v) is 9.55. The number of aryl methyl sites for hydroxylation is 2. The molecule has 0 spiro atoms. The molecule has 0 unspecified atom stereocenters. The second kappa shape index (κ2) is 6.46. The zero-order valence-corrected chi connectivity index (χ0v) is 15.0. The number of aromatic nitrogens is 3. The number of nitrogens with zero attached hydrogens (tertiary/aromatic N) is 4. The maximum Gasteiger partial charge on any atom is 0.248 e. The molecule has 3 aromatic heterocycles. The molecule has 0 fully saturated rings. The summed E-state index contributed by atoms with van der Waals surface area (Å²) >= 11 is 1.48. The van der Waals surface area contributed by atoms with Crippen molar-refractivity contribution in [1.82, 2.24) is 19.6 Å². The highest BCUT2D eigenvalue weighted by Crippen LogP contribution is 2.25. The van der Waals surface area contributed by atoms with Crippen LogP contribution in [0.4, 0.5) is 0 Å². The fraction of sp³-hybridized carbons (Fsp3) is 0.357.